The van der Waals surface area contributed by atoms with Gasteiger partial charge in [0.15, 0.2) is 0 Å². The summed E-state index contributed by atoms with van der Waals surface area (Å²) >= 11 is 3.31. The summed E-state index contributed by atoms with van der Waals surface area (Å²) in [4.78, 5) is 12.3. The Morgan fingerprint density at radius 3 is 2.36 bits per heavy atom. The molecule has 1 amide bonds. The summed E-state index contributed by atoms with van der Waals surface area (Å²) in [6.45, 7) is 6.48. The van der Waals surface area contributed by atoms with Crippen LogP contribution in [0, 0.1) is 0 Å². The van der Waals surface area contributed by atoms with Crippen LogP contribution in [0.25, 0.3) is 0 Å². The van der Waals surface area contributed by atoms with E-state index >= 15 is 0 Å². The van der Waals surface area contributed by atoms with Crippen LogP contribution in [0.3, 0.4) is 0 Å². The van der Waals surface area contributed by atoms with Crippen molar-refractivity contribution in [2.24, 2.45) is 0 Å². The Hall–Kier alpha value is -1.62. The fraction of sp³-hybridized carbons (Fsp3) is 0.412. The summed E-state index contributed by atoms with van der Waals surface area (Å²) in [5.41, 5.74) is 2.91. The van der Waals surface area contributed by atoms with Crippen molar-refractivity contribution in [3.8, 4) is 0 Å². The SMILES string of the molecule is CCC(C)c1ccc(C(CC)NC(=O)c2[nH]ncc2Br)cc1. The Kier molecular flexibility index (Phi) is 5.77. The zero-order valence-electron chi connectivity index (χ0n) is 13.2. The van der Waals surface area contributed by atoms with Gasteiger partial charge in [0.1, 0.15) is 5.69 Å². The van der Waals surface area contributed by atoms with E-state index in [2.05, 4.69) is 76.5 Å². The molecule has 2 aromatic rings. The van der Waals surface area contributed by atoms with Gasteiger partial charge in [-0.25, -0.2) is 0 Å². The molecule has 2 atom stereocenters. The zero-order valence-corrected chi connectivity index (χ0v) is 14.8. The van der Waals surface area contributed by atoms with Crippen molar-refractivity contribution < 1.29 is 4.79 Å². The molecule has 2 N–H and O–H groups in total. The van der Waals surface area contributed by atoms with Crippen LogP contribution in [-0.4, -0.2) is 16.1 Å². The van der Waals surface area contributed by atoms with Gasteiger partial charge in [0.05, 0.1) is 16.7 Å². The van der Waals surface area contributed by atoms with Crippen molar-refractivity contribution in [3.05, 3.63) is 51.8 Å². The largest absolute Gasteiger partial charge is 0.344 e. The molecule has 0 bridgehead atoms. The van der Waals surface area contributed by atoms with Gasteiger partial charge in [-0.05, 0) is 45.8 Å². The van der Waals surface area contributed by atoms with E-state index in [1.54, 1.807) is 6.20 Å². The van der Waals surface area contributed by atoms with Gasteiger partial charge in [0.25, 0.3) is 5.91 Å². The molecule has 22 heavy (non-hydrogen) atoms. The van der Waals surface area contributed by atoms with E-state index in [0.29, 0.717) is 16.1 Å². The fourth-order valence-electron chi connectivity index (χ4n) is 2.37. The highest BCUT2D eigenvalue weighted by atomic mass is 79.9. The Morgan fingerprint density at radius 2 is 1.86 bits per heavy atom. The Morgan fingerprint density at radius 1 is 1.23 bits per heavy atom. The molecule has 0 aliphatic rings. The maximum absolute atomic E-state index is 12.3. The van der Waals surface area contributed by atoms with Gasteiger partial charge in [-0.15, -0.1) is 0 Å². The van der Waals surface area contributed by atoms with Crippen LogP contribution in [0.2, 0.25) is 0 Å². The molecular formula is C17H22BrN3O. The lowest BCUT2D eigenvalue weighted by molar-refractivity contribution is 0.0929. The minimum absolute atomic E-state index is 0.00585. The van der Waals surface area contributed by atoms with E-state index in [0.717, 1.165) is 18.4 Å². The Labute approximate surface area is 139 Å². The third-order valence-corrected chi connectivity index (χ3v) is 4.66. The molecule has 1 aromatic carbocycles. The maximum atomic E-state index is 12.3. The number of aromatic amines is 1. The molecule has 5 heteroatoms. The molecular weight excluding hydrogens is 342 g/mol. The third-order valence-electron chi connectivity index (χ3n) is 4.05. The quantitative estimate of drug-likeness (QED) is 0.789. The van der Waals surface area contributed by atoms with E-state index < -0.39 is 0 Å². The topological polar surface area (TPSA) is 57.8 Å². The number of halogens is 1. The predicted molar refractivity (Wildman–Crippen MR) is 91.9 cm³/mol. The summed E-state index contributed by atoms with van der Waals surface area (Å²) in [6, 6.07) is 8.53. The van der Waals surface area contributed by atoms with Crippen LogP contribution >= 0.6 is 15.9 Å². The highest BCUT2D eigenvalue weighted by Gasteiger charge is 2.17. The van der Waals surface area contributed by atoms with E-state index in [-0.39, 0.29) is 11.9 Å². The van der Waals surface area contributed by atoms with Crippen LogP contribution in [0.4, 0.5) is 0 Å². The lowest BCUT2D eigenvalue weighted by Crippen LogP contribution is -2.28. The standard InChI is InChI=1S/C17H22BrN3O/c1-4-11(3)12-6-8-13(9-7-12)15(5-2)20-17(22)16-14(18)10-19-21-16/h6-11,15H,4-5H2,1-3H3,(H,19,21)(H,20,22). The van der Waals surface area contributed by atoms with Crippen LogP contribution in [0.1, 0.15) is 67.2 Å². The van der Waals surface area contributed by atoms with Crippen LogP contribution < -0.4 is 5.32 Å². The highest BCUT2D eigenvalue weighted by Crippen LogP contribution is 2.23. The smallest absolute Gasteiger partial charge is 0.270 e. The molecule has 0 fully saturated rings. The molecule has 1 heterocycles. The van der Waals surface area contributed by atoms with Gasteiger partial charge in [0, 0.05) is 0 Å². The summed E-state index contributed by atoms with van der Waals surface area (Å²) < 4.78 is 0.673. The number of rotatable bonds is 6. The normalized spacial score (nSPS) is 13.6. The first kappa shape index (κ1) is 16.7. The molecule has 2 rings (SSSR count). The molecule has 1 aromatic heterocycles. The van der Waals surface area contributed by atoms with Gasteiger partial charge >= 0.3 is 0 Å². The van der Waals surface area contributed by atoms with Gasteiger partial charge in [0.2, 0.25) is 0 Å². The number of hydrogen-bond acceptors (Lipinski definition) is 2. The average molecular weight is 364 g/mol. The first-order valence-electron chi connectivity index (χ1n) is 7.66. The van der Waals surface area contributed by atoms with Crippen LogP contribution in [-0.2, 0) is 0 Å². The van der Waals surface area contributed by atoms with E-state index in [4.69, 9.17) is 0 Å². The molecule has 0 aliphatic heterocycles. The molecule has 0 saturated heterocycles. The first-order valence-corrected chi connectivity index (χ1v) is 8.45. The number of carbonyl (C=O) groups excluding carboxylic acids is 1. The molecule has 0 saturated carbocycles. The van der Waals surface area contributed by atoms with Crippen molar-refractivity contribution in [3.63, 3.8) is 0 Å². The lowest BCUT2D eigenvalue weighted by atomic mass is 9.95. The number of aromatic nitrogens is 2. The molecule has 0 spiro atoms. The molecule has 4 nitrogen and oxygen atoms in total. The summed E-state index contributed by atoms with van der Waals surface area (Å²) in [5, 5.41) is 9.61. The van der Waals surface area contributed by atoms with E-state index in [1.807, 2.05) is 0 Å². The third kappa shape index (κ3) is 3.77. The monoisotopic (exact) mass is 363 g/mol. The van der Waals surface area contributed by atoms with Crippen molar-refractivity contribution in [2.45, 2.75) is 45.6 Å². The van der Waals surface area contributed by atoms with Crippen molar-refractivity contribution in [1.29, 1.82) is 0 Å². The van der Waals surface area contributed by atoms with Crippen LogP contribution in [0.5, 0.6) is 0 Å². The van der Waals surface area contributed by atoms with Crippen molar-refractivity contribution in [2.75, 3.05) is 0 Å². The van der Waals surface area contributed by atoms with Crippen molar-refractivity contribution in [1.82, 2.24) is 15.5 Å². The first-order chi connectivity index (χ1) is 10.6. The average Bonchev–Trinajstić information content (AvgIpc) is 2.98. The summed E-state index contributed by atoms with van der Waals surface area (Å²) in [6.07, 6.45) is 3.54. The Balaban J connectivity index is 2.11. The molecule has 0 aliphatic carbocycles. The summed E-state index contributed by atoms with van der Waals surface area (Å²) in [7, 11) is 0. The minimum atomic E-state index is -0.151. The number of nitrogens with one attached hydrogen (secondary N) is 2. The molecule has 2 unspecified atom stereocenters. The fourth-order valence-corrected chi connectivity index (χ4v) is 2.75. The second-order valence-electron chi connectivity index (χ2n) is 5.50. The number of H-pyrrole nitrogens is 1. The second-order valence-corrected chi connectivity index (χ2v) is 6.36. The van der Waals surface area contributed by atoms with Gasteiger partial charge in [-0.2, -0.15) is 5.10 Å². The van der Waals surface area contributed by atoms with E-state index in [1.165, 1.54) is 5.56 Å². The molecule has 0 radical (unpaired) electrons. The maximum Gasteiger partial charge on any atom is 0.270 e. The number of benzene rings is 1. The van der Waals surface area contributed by atoms with Gasteiger partial charge in [-0.3, -0.25) is 9.89 Å². The van der Waals surface area contributed by atoms with E-state index in [9.17, 15) is 4.79 Å². The summed E-state index contributed by atoms with van der Waals surface area (Å²) in [5.74, 6) is 0.409. The number of amides is 1. The predicted octanol–water partition coefficient (Wildman–Crippen LogP) is 4.57. The highest BCUT2D eigenvalue weighted by molar-refractivity contribution is 9.10. The zero-order chi connectivity index (χ0) is 16.1. The minimum Gasteiger partial charge on any atom is -0.344 e. The van der Waals surface area contributed by atoms with Gasteiger partial charge in [-0.1, -0.05) is 45.0 Å². The van der Waals surface area contributed by atoms with Gasteiger partial charge < -0.3 is 5.32 Å². The number of hydrogen-bond donors (Lipinski definition) is 2. The Bertz CT molecular complexity index is 621. The molecule has 118 valence electrons. The number of nitrogens with zero attached hydrogens (tertiary/aromatic N) is 1. The van der Waals surface area contributed by atoms with Crippen molar-refractivity contribution >= 4 is 21.8 Å². The lowest BCUT2D eigenvalue weighted by Gasteiger charge is -2.18. The second kappa shape index (κ2) is 7.58. The number of carbonyl (C=O) groups is 1. The van der Waals surface area contributed by atoms with Crippen LogP contribution in [0.15, 0.2) is 34.9 Å².